The topological polar surface area (TPSA) is 9.23 Å². The third-order valence-corrected chi connectivity index (χ3v) is 2.48. The number of hydrogen-bond acceptors (Lipinski definition) is 2. The summed E-state index contributed by atoms with van der Waals surface area (Å²) in [6.45, 7) is 0. The van der Waals surface area contributed by atoms with E-state index in [1.54, 1.807) is 18.4 Å². The lowest BCUT2D eigenvalue weighted by Gasteiger charge is -2.05. The molecular weight excluding hydrogens is 180 g/mol. The van der Waals surface area contributed by atoms with Crippen molar-refractivity contribution in [2.24, 2.45) is 0 Å². The van der Waals surface area contributed by atoms with Gasteiger partial charge in [0.1, 0.15) is 5.75 Å². The second-order valence-electron chi connectivity index (χ2n) is 2.64. The van der Waals surface area contributed by atoms with Crippen LogP contribution in [0.15, 0.2) is 35.7 Å². The molecule has 0 saturated carbocycles. The molecule has 0 atom stereocenters. The summed E-state index contributed by atoms with van der Waals surface area (Å²) in [7, 11) is 1.69. The summed E-state index contributed by atoms with van der Waals surface area (Å²) in [6, 6.07) is 10.0. The van der Waals surface area contributed by atoms with Crippen LogP contribution in [0.2, 0.25) is 0 Å². The molecule has 0 fully saturated rings. The van der Waals surface area contributed by atoms with E-state index in [1.807, 2.05) is 35.7 Å². The lowest BCUT2D eigenvalue weighted by molar-refractivity contribution is 0.416. The quantitative estimate of drug-likeness (QED) is 0.704. The molecule has 1 radical (unpaired) electrons. The van der Waals surface area contributed by atoms with Crippen LogP contribution in [-0.4, -0.2) is 7.11 Å². The van der Waals surface area contributed by atoms with Crippen molar-refractivity contribution in [3.05, 3.63) is 41.1 Å². The van der Waals surface area contributed by atoms with Crippen LogP contribution < -0.4 is 4.74 Å². The molecule has 1 nitrogen and oxygen atoms in total. The molecule has 0 aliphatic heterocycles. The third kappa shape index (κ3) is 1.58. The van der Waals surface area contributed by atoms with Gasteiger partial charge >= 0.3 is 0 Å². The predicted molar refractivity (Wildman–Crippen MR) is 55.1 cm³/mol. The van der Waals surface area contributed by atoms with E-state index in [4.69, 9.17) is 4.74 Å². The molecule has 65 valence electrons. The van der Waals surface area contributed by atoms with Crippen LogP contribution >= 0.6 is 11.3 Å². The summed E-state index contributed by atoms with van der Waals surface area (Å²) in [6.07, 6.45) is 0. The van der Waals surface area contributed by atoms with Gasteiger partial charge in [-0.15, -0.1) is 11.3 Å². The molecule has 0 spiro atoms. The van der Waals surface area contributed by atoms with Gasteiger partial charge in [-0.25, -0.2) is 0 Å². The Bertz CT molecular complexity index is 379. The summed E-state index contributed by atoms with van der Waals surface area (Å²) >= 11 is 1.57. The molecule has 0 unspecified atom stereocenters. The first-order valence-corrected chi connectivity index (χ1v) is 4.88. The number of para-hydroxylation sites is 1. The molecule has 0 aliphatic rings. The fourth-order valence-corrected chi connectivity index (χ4v) is 1.82. The highest BCUT2D eigenvalue weighted by atomic mass is 32.1. The fraction of sp³-hybridized carbons (Fsp3) is 0.0909. The Morgan fingerprint density at radius 2 is 2.08 bits per heavy atom. The van der Waals surface area contributed by atoms with Crippen LogP contribution in [0.5, 0.6) is 5.75 Å². The predicted octanol–water partition coefficient (Wildman–Crippen LogP) is 3.22. The van der Waals surface area contributed by atoms with E-state index in [0.717, 1.165) is 16.9 Å². The Kier molecular flexibility index (Phi) is 2.32. The molecule has 0 saturated heterocycles. The zero-order valence-electron chi connectivity index (χ0n) is 7.28. The number of benzene rings is 1. The van der Waals surface area contributed by atoms with Gasteiger partial charge in [0.15, 0.2) is 0 Å². The third-order valence-electron chi connectivity index (χ3n) is 1.87. The Morgan fingerprint density at radius 3 is 2.77 bits per heavy atom. The van der Waals surface area contributed by atoms with Gasteiger partial charge in [-0.2, -0.15) is 0 Å². The lowest BCUT2D eigenvalue weighted by Crippen LogP contribution is -1.85. The van der Waals surface area contributed by atoms with Crippen molar-refractivity contribution in [1.82, 2.24) is 0 Å². The SMILES string of the molecule is COc1ccccc1-c1[c]scc1. The average Bonchev–Trinajstić information content (AvgIpc) is 2.70. The van der Waals surface area contributed by atoms with Crippen molar-refractivity contribution in [1.29, 1.82) is 0 Å². The van der Waals surface area contributed by atoms with E-state index >= 15 is 0 Å². The number of methoxy groups -OCH3 is 1. The van der Waals surface area contributed by atoms with Crippen LogP contribution in [0.1, 0.15) is 0 Å². The highest BCUT2D eigenvalue weighted by Gasteiger charge is 2.03. The second-order valence-corrected chi connectivity index (χ2v) is 3.35. The molecule has 0 aliphatic carbocycles. The summed E-state index contributed by atoms with van der Waals surface area (Å²) in [4.78, 5) is 0. The van der Waals surface area contributed by atoms with Crippen molar-refractivity contribution in [3.8, 4) is 16.9 Å². The molecule has 2 aromatic rings. The maximum absolute atomic E-state index is 5.25. The maximum Gasteiger partial charge on any atom is 0.126 e. The van der Waals surface area contributed by atoms with E-state index in [-0.39, 0.29) is 0 Å². The molecular formula is C11H9OS. The van der Waals surface area contributed by atoms with Gasteiger partial charge < -0.3 is 4.74 Å². The van der Waals surface area contributed by atoms with Crippen molar-refractivity contribution in [3.63, 3.8) is 0 Å². The van der Waals surface area contributed by atoms with Crippen molar-refractivity contribution < 1.29 is 4.74 Å². The molecule has 0 amide bonds. The molecule has 2 rings (SSSR count). The number of ether oxygens (including phenoxy) is 1. The summed E-state index contributed by atoms with van der Waals surface area (Å²) in [5.74, 6) is 0.900. The number of thiophene rings is 1. The first kappa shape index (κ1) is 8.32. The summed E-state index contributed by atoms with van der Waals surface area (Å²) < 4.78 is 5.25. The zero-order valence-corrected chi connectivity index (χ0v) is 8.10. The van der Waals surface area contributed by atoms with Gasteiger partial charge in [0.25, 0.3) is 0 Å². The molecule has 13 heavy (non-hydrogen) atoms. The Labute approximate surface area is 81.6 Å². The summed E-state index contributed by atoms with van der Waals surface area (Å²) in [5, 5.41) is 5.21. The number of hydrogen-bond donors (Lipinski definition) is 0. The molecule has 2 heteroatoms. The highest BCUT2D eigenvalue weighted by molar-refractivity contribution is 7.07. The smallest absolute Gasteiger partial charge is 0.126 e. The van der Waals surface area contributed by atoms with Crippen LogP contribution in [-0.2, 0) is 0 Å². The number of rotatable bonds is 2. The van der Waals surface area contributed by atoms with Crippen LogP contribution in [0.3, 0.4) is 0 Å². The maximum atomic E-state index is 5.25. The second kappa shape index (κ2) is 3.62. The van der Waals surface area contributed by atoms with E-state index in [9.17, 15) is 0 Å². The molecule has 0 N–H and O–H groups in total. The normalized spacial score (nSPS) is 9.92. The van der Waals surface area contributed by atoms with Crippen molar-refractivity contribution in [2.75, 3.05) is 7.11 Å². The highest BCUT2D eigenvalue weighted by Crippen LogP contribution is 2.30. The Morgan fingerprint density at radius 1 is 1.23 bits per heavy atom. The minimum atomic E-state index is 0.900. The lowest BCUT2D eigenvalue weighted by atomic mass is 10.1. The van der Waals surface area contributed by atoms with Crippen molar-refractivity contribution >= 4 is 11.3 Å². The van der Waals surface area contributed by atoms with Gasteiger partial charge in [-0.05, 0) is 17.5 Å². The average molecular weight is 189 g/mol. The van der Waals surface area contributed by atoms with Crippen LogP contribution in [0.25, 0.3) is 11.1 Å². The van der Waals surface area contributed by atoms with Gasteiger partial charge in [0.2, 0.25) is 0 Å². The summed E-state index contributed by atoms with van der Waals surface area (Å²) in [5.41, 5.74) is 2.20. The fourth-order valence-electron chi connectivity index (χ4n) is 1.25. The van der Waals surface area contributed by atoms with E-state index < -0.39 is 0 Å². The standard InChI is InChI=1S/C11H9OS/c1-12-11-5-3-2-4-10(11)9-6-7-13-8-9/h2-7H,1H3. The first-order chi connectivity index (χ1) is 6.42. The van der Waals surface area contributed by atoms with Crippen LogP contribution in [0, 0.1) is 5.38 Å². The van der Waals surface area contributed by atoms with Crippen LogP contribution in [0.4, 0.5) is 0 Å². The molecule has 1 heterocycles. The van der Waals surface area contributed by atoms with Gasteiger partial charge in [-0.1, -0.05) is 18.2 Å². The minimum absolute atomic E-state index is 0.900. The monoisotopic (exact) mass is 189 g/mol. The molecule has 0 bridgehead atoms. The van der Waals surface area contributed by atoms with E-state index in [1.165, 1.54) is 0 Å². The molecule has 1 aromatic heterocycles. The Balaban J connectivity index is 2.51. The van der Waals surface area contributed by atoms with Gasteiger partial charge in [-0.3, -0.25) is 0 Å². The molecule has 1 aromatic carbocycles. The largest absolute Gasteiger partial charge is 0.496 e. The zero-order chi connectivity index (χ0) is 9.10. The minimum Gasteiger partial charge on any atom is -0.496 e. The van der Waals surface area contributed by atoms with E-state index in [2.05, 4.69) is 5.38 Å². The van der Waals surface area contributed by atoms with Gasteiger partial charge in [0.05, 0.1) is 12.5 Å². The van der Waals surface area contributed by atoms with Crippen molar-refractivity contribution in [2.45, 2.75) is 0 Å². The Hall–Kier alpha value is -1.28. The van der Waals surface area contributed by atoms with E-state index in [0.29, 0.717) is 0 Å². The van der Waals surface area contributed by atoms with Gasteiger partial charge in [0, 0.05) is 11.1 Å². The first-order valence-electron chi connectivity index (χ1n) is 4.00.